The molecule has 0 aliphatic heterocycles. The summed E-state index contributed by atoms with van der Waals surface area (Å²) in [7, 11) is 0. The van der Waals surface area contributed by atoms with E-state index in [-0.39, 0.29) is 14.9 Å². The van der Waals surface area contributed by atoms with Crippen LogP contribution in [0.5, 0.6) is 0 Å². The van der Waals surface area contributed by atoms with Crippen molar-refractivity contribution in [1.29, 1.82) is 0 Å². The molecule has 0 heteroatoms. The normalized spacial score (nSPS) is 13.5. The van der Waals surface area contributed by atoms with Gasteiger partial charge in [0.1, 0.15) is 0 Å². The van der Waals surface area contributed by atoms with Gasteiger partial charge in [0.25, 0.3) is 0 Å². The molecule has 0 heterocycles. The van der Waals surface area contributed by atoms with E-state index in [0.29, 0.717) is 0 Å². The molecule has 202 valence electrons. The van der Waals surface area contributed by atoms with E-state index in [9.17, 15) is 0 Å². The maximum Gasteiger partial charge on any atom is -0.0163 e. The van der Waals surface area contributed by atoms with Crippen LogP contribution in [0.3, 0.4) is 0 Å². The predicted octanol–water partition coefficient (Wildman–Crippen LogP) is 12.8. The first-order valence-electron chi connectivity index (χ1n) is 13.6. The molecule has 4 aliphatic carbocycles. The van der Waals surface area contributed by atoms with Crippen LogP contribution in [-0.2, 0) is 0 Å². The van der Waals surface area contributed by atoms with Gasteiger partial charge in [-0.2, -0.15) is 0 Å². The third-order valence-electron chi connectivity index (χ3n) is 4.79. The van der Waals surface area contributed by atoms with Gasteiger partial charge < -0.3 is 0 Å². The molecule has 0 bridgehead atoms. The van der Waals surface area contributed by atoms with Crippen LogP contribution >= 0.6 is 0 Å². The van der Waals surface area contributed by atoms with Crippen molar-refractivity contribution in [3.63, 3.8) is 0 Å². The standard InChI is InChI=1S/C8H18.4C5H6.C5H12.2CH4/c1-3-5-7-8-6-4-2;4*1-2-4-5-3-1;1-3-5-4-2;;/h3-8H2,1-2H3;4*1-4H,5H2;3-5H2,1-2H3;2*1H4. The fraction of sp³-hybridized carbons (Fsp3) is 0.543. The van der Waals surface area contributed by atoms with Crippen molar-refractivity contribution >= 4 is 0 Å². The van der Waals surface area contributed by atoms with Crippen molar-refractivity contribution < 1.29 is 0 Å². The van der Waals surface area contributed by atoms with Crippen molar-refractivity contribution in [3.05, 3.63) is 97.2 Å². The maximum absolute atomic E-state index is 2.26. The average molecular weight is 483 g/mol. The minimum atomic E-state index is 0. The molecule has 35 heavy (non-hydrogen) atoms. The highest BCUT2D eigenvalue weighted by Crippen LogP contribution is 2.03. The molecule has 0 aromatic carbocycles. The highest BCUT2D eigenvalue weighted by atomic mass is 13.9. The molecule has 4 rings (SSSR count). The van der Waals surface area contributed by atoms with Crippen molar-refractivity contribution in [2.75, 3.05) is 0 Å². The fourth-order valence-electron chi connectivity index (χ4n) is 2.78. The summed E-state index contributed by atoms with van der Waals surface area (Å²) in [5, 5.41) is 0. The topological polar surface area (TPSA) is 0 Å². The Bertz CT molecular complexity index is 439. The van der Waals surface area contributed by atoms with Gasteiger partial charge in [-0.25, -0.2) is 0 Å². The molecular formula is C35H62. The van der Waals surface area contributed by atoms with Gasteiger partial charge in [-0.05, 0) is 25.7 Å². The van der Waals surface area contributed by atoms with Crippen LogP contribution in [0.15, 0.2) is 97.2 Å². The molecule has 0 saturated carbocycles. The number of hydrogen-bond acceptors (Lipinski definition) is 0. The Labute approximate surface area is 223 Å². The van der Waals surface area contributed by atoms with Gasteiger partial charge in [-0.3, -0.25) is 0 Å². The molecular weight excluding hydrogens is 420 g/mol. The van der Waals surface area contributed by atoms with E-state index in [4.69, 9.17) is 0 Å². The van der Waals surface area contributed by atoms with E-state index in [1.165, 1.54) is 57.8 Å². The Kier molecular flexibility index (Phi) is 48.3. The minimum absolute atomic E-state index is 0. The van der Waals surface area contributed by atoms with Crippen LogP contribution in [-0.4, -0.2) is 0 Å². The zero-order chi connectivity index (χ0) is 24.5. The lowest BCUT2D eigenvalue weighted by atomic mass is 10.1. The van der Waals surface area contributed by atoms with Gasteiger partial charge >= 0.3 is 0 Å². The van der Waals surface area contributed by atoms with E-state index in [1.54, 1.807) is 0 Å². The van der Waals surface area contributed by atoms with Gasteiger partial charge in [0.2, 0.25) is 0 Å². The molecule has 0 amide bonds. The first-order valence-corrected chi connectivity index (χ1v) is 13.6. The van der Waals surface area contributed by atoms with Crippen LogP contribution < -0.4 is 0 Å². The smallest absolute Gasteiger partial charge is 0.0163 e. The molecule has 4 aliphatic rings. The maximum atomic E-state index is 2.26. The molecule has 0 saturated heterocycles. The summed E-state index contributed by atoms with van der Waals surface area (Å²) >= 11 is 0. The summed E-state index contributed by atoms with van der Waals surface area (Å²) in [6.07, 6.45) is 50.6. The van der Waals surface area contributed by atoms with E-state index in [1.807, 2.05) is 0 Å². The third kappa shape index (κ3) is 46.0. The molecule has 0 spiro atoms. The summed E-state index contributed by atoms with van der Waals surface area (Å²) < 4.78 is 0. The Morgan fingerprint density at radius 1 is 0.314 bits per heavy atom. The second-order valence-corrected chi connectivity index (χ2v) is 8.14. The fourth-order valence-corrected chi connectivity index (χ4v) is 2.78. The summed E-state index contributed by atoms with van der Waals surface area (Å²) in [6.45, 7) is 8.94. The van der Waals surface area contributed by atoms with Gasteiger partial charge in [-0.1, -0.05) is 198 Å². The molecule has 0 nitrogen and oxygen atoms in total. The van der Waals surface area contributed by atoms with E-state index in [0.717, 1.165) is 25.7 Å². The molecule has 0 aromatic rings. The molecule has 0 atom stereocenters. The summed E-state index contributed by atoms with van der Waals surface area (Å²) in [6, 6.07) is 0. The van der Waals surface area contributed by atoms with Gasteiger partial charge in [0.05, 0.1) is 0 Å². The monoisotopic (exact) mass is 482 g/mol. The van der Waals surface area contributed by atoms with Crippen molar-refractivity contribution in [2.24, 2.45) is 0 Å². The predicted molar refractivity (Wildman–Crippen MR) is 169 cm³/mol. The Balaban J connectivity index is -0.000000164. The zero-order valence-electron chi connectivity index (χ0n) is 22.4. The van der Waals surface area contributed by atoms with Gasteiger partial charge in [-0.15, -0.1) is 0 Å². The highest BCUT2D eigenvalue weighted by Gasteiger charge is 1.83. The minimum Gasteiger partial charge on any atom is -0.0808 e. The second kappa shape index (κ2) is 42.1. The number of unbranched alkanes of at least 4 members (excludes halogenated alkanes) is 7. The first-order chi connectivity index (χ1) is 16.3. The van der Waals surface area contributed by atoms with E-state index < -0.39 is 0 Å². The van der Waals surface area contributed by atoms with Crippen molar-refractivity contribution in [1.82, 2.24) is 0 Å². The molecule has 0 fully saturated rings. The van der Waals surface area contributed by atoms with Crippen LogP contribution in [0.2, 0.25) is 0 Å². The number of rotatable bonds is 7. The van der Waals surface area contributed by atoms with Gasteiger partial charge in [0, 0.05) is 0 Å². The summed E-state index contributed by atoms with van der Waals surface area (Å²) in [5.74, 6) is 0. The van der Waals surface area contributed by atoms with Crippen LogP contribution in [0.25, 0.3) is 0 Å². The largest absolute Gasteiger partial charge is 0.0808 e. The molecule has 0 unspecified atom stereocenters. The Morgan fingerprint density at radius 3 is 0.600 bits per heavy atom. The SMILES string of the molecule is C.C.C1=CCC=C1.C1=CCC=C1.C1=CCC=C1.C1=CCC=C1.CCCCC.CCCCCCCC. The second-order valence-electron chi connectivity index (χ2n) is 8.14. The van der Waals surface area contributed by atoms with Crippen LogP contribution in [0, 0.1) is 0 Å². The van der Waals surface area contributed by atoms with Crippen LogP contribution in [0.4, 0.5) is 0 Å². The zero-order valence-corrected chi connectivity index (χ0v) is 22.4. The van der Waals surface area contributed by atoms with E-state index >= 15 is 0 Å². The van der Waals surface area contributed by atoms with Crippen molar-refractivity contribution in [2.45, 2.75) is 126 Å². The highest BCUT2D eigenvalue weighted by molar-refractivity contribution is 5.13. The number of allylic oxidation sites excluding steroid dienone is 16. The Hall–Kier alpha value is -2.08. The van der Waals surface area contributed by atoms with E-state index in [2.05, 4.69) is 125 Å². The van der Waals surface area contributed by atoms with Crippen molar-refractivity contribution in [3.8, 4) is 0 Å². The lowest BCUT2D eigenvalue weighted by Gasteiger charge is -1.93. The summed E-state index contributed by atoms with van der Waals surface area (Å²) in [4.78, 5) is 0. The lowest BCUT2D eigenvalue weighted by molar-refractivity contribution is 0.624. The summed E-state index contributed by atoms with van der Waals surface area (Å²) in [5.41, 5.74) is 0. The first kappa shape index (κ1) is 40.1. The van der Waals surface area contributed by atoms with Crippen LogP contribution in [0.1, 0.15) is 126 Å². The Morgan fingerprint density at radius 2 is 0.514 bits per heavy atom. The number of hydrogen-bond donors (Lipinski definition) is 0. The molecule has 0 radical (unpaired) electrons. The average Bonchev–Trinajstić information content (AvgIpc) is 3.70. The quantitative estimate of drug-likeness (QED) is 0.316. The van der Waals surface area contributed by atoms with Gasteiger partial charge in [0.15, 0.2) is 0 Å². The molecule has 0 N–H and O–H groups in total. The third-order valence-corrected chi connectivity index (χ3v) is 4.79. The molecule has 0 aromatic heterocycles. The lowest BCUT2D eigenvalue weighted by Crippen LogP contribution is -1.73.